The van der Waals surface area contributed by atoms with Crippen LogP contribution in [0, 0.1) is 15.9 Å². The van der Waals surface area contributed by atoms with Gasteiger partial charge in [-0.05, 0) is 30.3 Å². The minimum Gasteiger partial charge on any atom is -0.492 e. The van der Waals surface area contributed by atoms with Gasteiger partial charge in [0.25, 0.3) is 5.69 Å². The standard InChI is InChI=1S/C14H13FN2O5S/c15-11-5-7-12(8-6-11)22-10-9-16-23(20,21)14-4-2-1-3-13(14)17(18)19/h1-8,16H,9-10H2. The normalized spacial score (nSPS) is 11.2. The Bertz CT molecular complexity index is 793. The lowest BCUT2D eigenvalue weighted by Crippen LogP contribution is -2.28. The van der Waals surface area contributed by atoms with Gasteiger partial charge in [0.2, 0.25) is 10.0 Å². The lowest BCUT2D eigenvalue weighted by Gasteiger charge is -2.08. The number of nitro benzene ring substituents is 1. The van der Waals surface area contributed by atoms with Crippen molar-refractivity contribution in [2.45, 2.75) is 4.90 Å². The summed E-state index contributed by atoms with van der Waals surface area (Å²) in [7, 11) is -4.03. The van der Waals surface area contributed by atoms with E-state index in [0.29, 0.717) is 5.75 Å². The van der Waals surface area contributed by atoms with Crippen molar-refractivity contribution in [2.75, 3.05) is 13.2 Å². The molecule has 0 aliphatic heterocycles. The van der Waals surface area contributed by atoms with Crippen molar-refractivity contribution in [1.29, 1.82) is 0 Å². The summed E-state index contributed by atoms with van der Waals surface area (Å²) in [5.74, 6) is -0.0225. The molecular formula is C14H13FN2O5S. The second-order valence-electron chi connectivity index (χ2n) is 4.42. The second-order valence-corrected chi connectivity index (χ2v) is 6.16. The van der Waals surface area contributed by atoms with Gasteiger partial charge in [0, 0.05) is 12.6 Å². The zero-order chi connectivity index (χ0) is 16.9. The number of nitro groups is 1. The minimum absolute atomic E-state index is 0.00844. The minimum atomic E-state index is -4.03. The SMILES string of the molecule is O=[N+]([O-])c1ccccc1S(=O)(=O)NCCOc1ccc(F)cc1. The van der Waals surface area contributed by atoms with Gasteiger partial charge in [-0.2, -0.15) is 0 Å². The predicted molar refractivity (Wildman–Crippen MR) is 80.2 cm³/mol. The predicted octanol–water partition coefficient (Wildman–Crippen LogP) is 2.09. The van der Waals surface area contributed by atoms with Gasteiger partial charge in [-0.3, -0.25) is 10.1 Å². The molecule has 0 saturated carbocycles. The summed E-state index contributed by atoms with van der Waals surface area (Å²) in [5.41, 5.74) is -0.501. The number of hydrogen-bond acceptors (Lipinski definition) is 5. The molecule has 2 rings (SSSR count). The molecule has 0 aliphatic rings. The molecule has 9 heteroatoms. The number of nitrogens with one attached hydrogen (secondary N) is 1. The zero-order valence-electron chi connectivity index (χ0n) is 11.8. The number of sulfonamides is 1. The molecule has 2 aromatic carbocycles. The van der Waals surface area contributed by atoms with E-state index in [-0.39, 0.29) is 13.2 Å². The van der Waals surface area contributed by atoms with Crippen LogP contribution in [0.1, 0.15) is 0 Å². The molecule has 0 fully saturated rings. The monoisotopic (exact) mass is 340 g/mol. The summed E-state index contributed by atoms with van der Waals surface area (Å²) in [6.45, 7) is -0.0999. The molecule has 2 aromatic rings. The van der Waals surface area contributed by atoms with Crippen molar-refractivity contribution in [1.82, 2.24) is 4.72 Å². The van der Waals surface area contributed by atoms with E-state index in [1.54, 1.807) is 0 Å². The average Bonchev–Trinajstić information content (AvgIpc) is 2.53. The summed E-state index contributed by atoms with van der Waals surface area (Å²) in [4.78, 5) is 9.70. The van der Waals surface area contributed by atoms with Crippen molar-refractivity contribution in [3.05, 3.63) is 64.5 Å². The molecular weight excluding hydrogens is 327 g/mol. The Morgan fingerprint density at radius 3 is 2.43 bits per heavy atom. The van der Waals surface area contributed by atoms with Crippen LogP contribution in [-0.2, 0) is 10.0 Å². The third-order valence-corrected chi connectivity index (χ3v) is 4.34. The van der Waals surface area contributed by atoms with Crippen LogP contribution >= 0.6 is 0 Å². The fourth-order valence-electron chi connectivity index (χ4n) is 1.79. The molecule has 0 aliphatic carbocycles. The van der Waals surface area contributed by atoms with Crippen LogP contribution < -0.4 is 9.46 Å². The van der Waals surface area contributed by atoms with E-state index in [9.17, 15) is 22.9 Å². The Balaban J connectivity index is 1.97. The quantitative estimate of drug-likeness (QED) is 0.473. The van der Waals surface area contributed by atoms with Crippen molar-refractivity contribution in [3.8, 4) is 5.75 Å². The Morgan fingerprint density at radius 1 is 1.13 bits per heavy atom. The van der Waals surface area contributed by atoms with Crippen molar-refractivity contribution in [3.63, 3.8) is 0 Å². The van der Waals surface area contributed by atoms with Crippen LogP contribution in [0.2, 0.25) is 0 Å². The first-order valence-corrected chi connectivity index (χ1v) is 8.00. The zero-order valence-corrected chi connectivity index (χ0v) is 12.6. The lowest BCUT2D eigenvalue weighted by atomic mass is 10.3. The fraction of sp³-hybridized carbons (Fsp3) is 0.143. The highest BCUT2D eigenvalue weighted by molar-refractivity contribution is 7.89. The second kappa shape index (κ2) is 7.16. The van der Waals surface area contributed by atoms with Gasteiger partial charge in [0.05, 0.1) is 4.92 Å². The number of hydrogen-bond donors (Lipinski definition) is 1. The van der Waals surface area contributed by atoms with E-state index < -0.39 is 31.3 Å². The van der Waals surface area contributed by atoms with Gasteiger partial charge in [0.1, 0.15) is 18.2 Å². The van der Waals surface area contributed by atoms with E-state index >= 15 is 0 Å². The highest BCUT2D eigenvalue weighted by atomic mass is 32.2. The van der Waals surface area contributed by atoms with Crippen molar-refractivity contribution < 1.29 is 22.5 Å². The van der Waals surface area contributed by atoms with Gasteiger partial charge in [-0.1, -0.05) is 12.1 Å². The molecule has 0 unspecified atom stereocenters. The summed E-state index contributed by atoms with van der Waals surface area (Å²) in [6.07, 6.45) is 0. The van der Waals surface area contributed by atoms with Crippen molar-refractivity contribution >= 4 is 15.7 Å². The molecule has 0 atom stereocenters. The number of halogens is 1. The van der Waals surface area contributed by atoms with Gasteiger partial charge in [-0.25, -0.2) is 17.5 Å². The molecule has 0 radical (unpaired) electrons. The molecule has 1 N–H and O–H groups in total. The average molecular weight is 340 g/mol. The third kappa shape index (κ3) is 4.47. The van der Waals surface area contributed by atoms with Crippen LogP contribution in [0.4, 0.5) is 10.1 Å². The molecule has 122 valence electrons. The number of para-hydroxylation sites is 1. The maximum atomic E-state index is 12.7. The van der Waals surface area contributed by atoms with Gasteiger partial charge in [0.15, 0.2) is 4.90 Å². The van der Waals surface area contributed by atoms with E-state index in [1.807, 2.05) is 0 Å². The summed E-state index contributed by atoms with van der Waals surface area (Å²) < 4.78 is 44.4. The highest BCUT2D eigenvalue weighted by Crippen LogP contribution is 2.22. The number of ether oxygens (including phenoxy) is 1. The van der Waals surface area contributed by atoms with Gasteiger partial charge in [-0.15, -0.1) is 0 Å². The first-order valence-electron chi connectivity index (χ1n) is 6.51. The highest BCUT2D eigenvalue weighted by Gasteiger charge is 2.24. The summed E-state index contributed by atoms with van der Waals surface area (Å²) in [6, 6.07) is 10.3. The van der Waals surface area contributed by atoms with Crippen molar-refractivity contribution in [2.24, 2.45) is 0 Å². The van der Waals surface area contributed by atoms with E-state index in [0.717, 1.165) is 12.1 Å². The largest absolute Gasteiger partial charge is 0.492 e. The van der Waals surface area contributed by atoms with Crippen LogP contribution in [-0.4, -0.2) is 26.5 Å². The summed E-state index contributed by atoms with van der Waals surface area (Å²) >= 11 is 0. The van der Waals surface area contributed by atoms with Gasteiger partial charge >= 0.3 is 0 Å². The molecule has 0 heterocycles. The first-order chi connectivity index (χ1) is 10.9. The van der Waals surface area contributed by atoms with Gasteiger partial charge < -0.3 is 4.74 Å². The van der Waals surface area contributed by atoms with Crippen LogP contribution in [0.25, 0.3) is 0 Å². The van der Waals surface area contributed by atoms with E-state index in [1.165, 1.54) is 36.4 Å². The first kappa shape index (κ1) is 16.8. The Morgan fingerprint density at radius 2 is 1.78 bits per heavy atom. The maximum Gasteiger partial charge on any atom is 0.289 e. The Hall–Kier alpha value is -2.52. The van der Waals surface area contributed by atoms with E-state index in [4.69, 9.17) is 4.74 Å². The number of nitrogens with zero attached hydrogens (tertiary/aromatic N) is 1. The van der Waals surface area contributed by atoms with E-state index in [2.05, 4.69) is 4.72 Å². The molecule has 0 spiro atoms. The fourth-order valence-corrected chi connectivity index (χ4v) is 2.97. The Kier molecular flexibility index (Phi) is 5.24. The molecule has 23 heavy (non-hydrogen) atoms. The number of rotatable bonds is 7. The molecule has 0 bridgehead atoms. The molecule has 0 saturated heterocycles. The van der Waals surface area contributed by atoms with Crippen LogP contribution in [0.3, 0.4) is 0 Å². The van der Waals surface area contributed by atoms with Crippen LogP contribution in [0.15, 0.2) is 53.4 Å². The Labute approximate surface area is 131 Å². The topological polar surface area (TPSA) is 98.5 Å². The lowest BCUT2D eigenvalue weighted by molar-refractivity contribution is -0.387. The summed E-state index contributed by atoms with van der Waals surface area (Å²) in [5, 5.41) is 10.9. The molecule has 0 amide bonds. The third-order valence-electron chi connectivity index (χ3n) is 2.83. The number of benzene rings is 2. The molecule has 0 aromatic heterocycles. The van der Waals surface area contributed by atoms with Crippen LogP contribution in [0.5, 0.6) is 5.75 Å². The molecule has 7 nitrogen and oxygen atoms in total. The maximum absolute atomic E-state index is 12.7. The smallest absolute Gasteiger partial charge is 0.289 e.